The van der Waals surface area contributed by atoms with Crippen LogP contribution in [-0.2, 0) is 9.59 Å². The van der Waals surface area contributed by atoms with Crippen LogP contribution in [0.15, 0.2) is 0 Å². The van der Waals surface area contributed by atoms with Crippen molar-refractivity contribution in [2.24, 2.45) is 0 Å². The standard InChI is InChI=1S/C6H12N2O2S2.CH4.CH3.U/c9-1-5(3-11)7-8-6(2-10)4-12;;;/h1-2,5-8,11-12H,3-4H2;1H4;1H3;/q;;-1;/t5-,6-;;;/m1.../s1/i1T,2T;;;. The van der Waals surface area contributed by atoms with Crippen molar-refractivity contribution >= 4 is 37.8 Å². The maximum absolute atomic E-state index is 10.6. The van der Waals surface area contributed by atoms with Crippen LogP contribution >= 0.6 is 25.3 Å². The van der Waals surface area contributed by atoms with E-state index in [1.807, 2.05) is 0 Å². The van der Waals surface area contributed by atoms with E-state index in [0.717, 1.165) is 0 Å². The smallest absolute Gasteiger partial charge is 0.139 e. The second kappa shape index (κ2) is 17.4. The Kier molecular flexibility index (Phi) is 21.3. The van der Waals surface area contributed by atoms with Crippen molar-refractivity contribution in [2.75, 3.05) is 11.5 Å². The fourth-order valence-corrected chi connectivity index (χ4v) is 0.758. The van der Waals surface area contributed by atoms with Crippen LogP contribution in [0, 0.1) is 38.5 Å². The molecule has 0 aromatic rings. The van der Waals surface area contributed by atoms with Crippen molar-refractivity contribution in [2.45, 2.75) is 19.5 Å². The van der Waals surface area contributed by atoms with E-state index in [0.29, 0.717) is 0 Å². The summed E-state index contributed by atoms with van der Waals surface area (Å²) in [6.45, 7) is 0. The van der Waals surface area contributed by atoms with Gasteiger partial charge < -0.3 is 17.0 Å². The molecule has 2 atom stereocenters. The Balaban J connectivity index is -0.000000282. The predicted octanol–water partition coefficient (Wildman–Crippen LogP) is 0.162. The van der Waals surface area contributed by atoms with Gasteiger partial charge in [-0.1, -0.05) is 7.43 Å². The molecule has 90 valence electrons. The number of hydrogen-bond donors (Lipinski definition) is 4. The van der Waals surface area contributed by atoms with Crippen molar-refractivity contribution in [1.29, 1.82) is 0 Å². The molecule has 0 radical (unpaired) electrons. The molecule has 0 aromatic heterocycles. The van der Waals surface area contributed by atoms with Gasteiger partial charge in [0, 0.05) is 42.6 Å². The summed E-state index contributed by atoms with van der Waals surface area (Å²) in [7, 11) is 0. The first-order chi connectivity index (χ1) is 6.52. The average molecular weight is 481 g/mol. The number of carbonyl (C=O) groups is 2. The second-order valence-electron chi connectivity index (χ2n) is 1.99. The molecule has 0 bridgehead atoms. The normalized spacial score (nSPS) is 14.0. The summed E-state index contributed by atoms with van der Waals surface area (Å²) in [5.41, 5.74) is 4.90. The van der Waals surface area contributed by atoms with Crippen LogP contribution in [-0.4, -0.2) is 36.1 Å². The van der Waals surface area contributed by atoms with Crippen LogP contribution in [0.4, 0.5) is 0 Å². The number of thiol groups is 2. The third-order valence-corrected chi connectivity index (χ3v) is 1.81. The van der Waals surface area contributed by atoms with Gasteiger partial charge in [-0.15, -0.1) is 0 Å². The quantitative estimate of drug-likeness (QED) is 0.181. The Bertz CT molecular complexity index is 204. The zero-order valence-electron chi connectivity index (χ0n) is 9.78. The number of carbonyl (C=O) groups excluding carboxylic acids is 2. The topological polar surface area (TPSA) is 58.2 Å². The van der Waals surface area contributed by atoms with Crippen LogP contribution in [0.5, 0.6) is 0 Å². The maximum Gasteiger partial charge on any atom is 0.139 e. The summed E-state index contributed by atoms with van der Waals surface area (Å²) >= 11 is 7.69. The van der Waals surface area contributed by atoms with E-state index >= 15 is 0 Å². The van der Waals surface area contributed by atoms with E-state index < -0.39 is 24.6 Å². The second-order valence-corrected chi connectivity index (χ2v) is 2.72. The Morgan fingerprint density at radius 3 is 1.53 bits per heavy atom. The van der Waals surface area contributed by atoms with Crippen LogP contribution < -0.4 is 10.9 Å². The molecule has 0 spiro atoms. The zero-order chi connectivity index (χ0) is 11.1. The summed E-state index contributed by atoms with van der Waals surface area (Å²) in [6.07, 6.45) is -1.66. The van der Waals surface area contributed by atoms with Crippen LogP contribution in [0.25, 0.3) is 0 Å². The van der Waals surface area contributed by atoms with Crippen LogP contribution in [0.1, 0.15) is 10.2 Å². The largest absolute Gasteiger partial charge is 0.358 e. The fourth-order valence-electron chi connectivity index (χ4n) is 0.426. The average Bonchev–Trinajstić information content (AvgIpc) is 2.11. The van der Waals surface area contributed by atoms with Crippen molar-refractivity contribution in [3.8, 4) is 0 Å². The molecular formula is C8H19N2O2S2U-. The van der Waals surface area contributed by atoms with E-state index in [1.54, 1.807) is 0 Å². The van der Waals surface area contributed by atoms with Gasteiger partial charge in [0.25, 0.3) is 0 Å². The molecule has 0 amide bonds. The van der Waals surface area contributed by atoms with E-state index in [4.69, 9.17) is 2.74 Å². The molecule has 0 aromatic carbocycles. The number of hydrazine groups is 1. The molecule has 0 aliphatic heterocycles. The Morgan fingerprint density at radius 1 is 1.13 bits per heavy atom. The molecule has 7 heteroatoms. The van der Waals surface area contributed by atoms with Gasteiger partial charge in [-0.3, -0.25) is 0 Å². The minimum atomic E-state index is -0.831. The van der Waals surface area contributed by atoms with Gasteiger partial charge in [-0.2, -0.15) is 25.3 Å². The van der Waals surface area contributed by atoms with Gasteiger partial charge in [-0.05, 0) is 0 Å². The molecular weight excluding hydrogens is 458 g/mol. The molecule has 15 heavy (non-hydrogen) atoms. The summed E-state index contributed by atoms with van der Waals surface area (Å²) in [4.78, 5) is 21.2. The molecule has 0 heterocycles. The predicted molar refractivity (Wildman–Crippen MR) is 66.8 cm³/mol. The third-order valence-electron chi connectivity index (χ3n) is 1.08. The SMILES string of the molecule is C.[3H]C(=O)[C@H](CS)NN[C@@H](CS)C([3H])=O.[CH3-].[U]. The molecule has 0 aliphatic carbocycles. The van der Waals surface area contributed by atoms with Gasteiger partial charge >= 0.3 is 0 Å². The number of hydrogen-bond acceptors (Lipinski definition) is 6. The molecule has 0 rings (SSSR count). The zero-order valence-corrected chi connectivity index (χ0v) is 13.7. The Labute approximate surface area is 130 Å². The van der Waals surface area contributed by atoms with E-state index in [2.05, 4.69) is 36.1 Å². The van der Waals surface area contributed by atoms with E-state index in [1.165, 1.54) is 0 Å². The first-order valence-corrected chi connectivity index (χ1v) is 4.53. The van der Waals surface area contributed by atoms with Gasteiger partial charge in [0.05, 0.1) is 12.1 Å². The van der Waals surface area contributed by atoms with E-state index in [-0.39, 0.29) is 57.5 Å². The minimum absolute atomic E-state index is 0. The Hall–Kier alpha value is 1.01. The molecule has 0 aliphatic rings. The van der Waals surface area contributed by atoms with Crippen molar-refractivity contribution in [1.82, 2.24) is 10.9 Å². The number of nitrogens with one attached hydrogen (secondary N) is 2. The molecule has 0 fully saturated rings. The molecule has 2 N–H and O–H groups in total. The van der Waals surface area contributed by atoms with Gasteiger partial charge in [0.2, 0.25) is 0 Å². The fraction of sp³-hybridized carbons (Fsp3) is 0.625. The van der Waals surface area contributed by atoms with Crippen molar-refractivity contribution < 1.29 is 43.4 Å². The summed E-state index contributed by atoms with van der Waals surface area (Å²) < 4.78 is 13.6. The molecule has 4 nitrogen and oxygen atoms in total. The number of aldehydes is 2. The molecule has 0 unspecified atom stereocenters. The van der Waals surface area contributed by atoms with Crippen molar-refractivity contribution in [3.63, 3.8) is 0 Å². The Morgan fingerprint density at radius 2 is 1.40 bits per heavy atom. The van der Waals surface area contributed by atoms with Gasteiger partial charge in [0.1, 0.15) is 15.3 Å². The van der Waals surface area contributed by atoms with Crippen molar-refractivity contribution in [3.05, 3.63) is 7.43 Å². The van der Waals surface area contributed by atoms with Gasteiger partial charge in [0.15, 0.2) is 0 Å². The first kappa shape index (κ1) is 18.4. The molecule has 0 saturated heterocycles. The summed E-state index contributed by atoms with van der Waals surface area (Å²) in [5, 5.41) is 0. The van der Waals surface area contributed by atoms with Crippen LogP contribution in [0.2, 0.25) is 0 Å². The summed E-state index contributed by atoms with van der Waals surface area (Å²) in [6, 6.07) is -1.58. The number of rotatable bonds is 7. The van der Waals surface area contributed by atoms with Gasteiger partial charge in [-0.25, -0.2) is 10.9 Å². The first-order valence-electron chi connectivity index (χ1n) is 4.26. The van der Waals surface area contributed by atoms with Crippen LogP contribution in [0.3, 0.4) is 0 Å². The monoisotopic (exact) mass is 481 g/mol. The minimum Gasteiger partial charge on any atom is -0.358 e. The summed E-state index contributed by atoms with van der Waals surface area (Å²) in [5.74, 6) is 0.279. The molecule has 0 saturated carbocycles. The van der Waals surface area contributed by atoms with E-state index in [9.17, 15) is 9.59 Å². The maximum atomic E-state index is 10.6. The third kappa shape index (κ3) is 12.9.